The molecule has 0 spiro atoms. The number of hydrogen-bond donors (Lipinski definition) is 2. The molecule has 0 aliphatic heterocycles. The van der Waals surface area contributed by atoms with Crippen LogP contribution in [0.4, 0.5) is 0 Å². The molecule has 0 aromatic heterocycles. The van der Waals surface area contributed by atoms with E-state index in [-0.39, 0.29) is 0 Å². The van der Waals surface area contributed by atoms with E-state index in [1.54, 1.807) is 0 Å². The number of hydrogen-bond acceptors (Lipinski definition) is 2. The maximum atomic E-state index is 5.12. The van der Waals surface area contributed by atoms with Gasteiger partial charge in [0.1, 0.15) is 9.98 Å². The minimum absolute atomic E-state index is 0.685. The normalized spacial score (nSPS) is 9.57. The topological polar surface area (TPSA) is 24.1 Å². The van der Waals surface area contributed by atoms with Crippen molar-refractivity contribution in [2.45, 2.75) is 39.5 Å². The molecular weight excluding hydrogens is 212 g/mol. The maximum absolute atomic E-state index is 5.12. The van der Waals surface area contributed by atoms with E-state index in [1.807, 2.05) is 0 Å². The van der Waals surface area contributed by atoms with Crippen LogP contribution < -0.4 is 10.6 Å². The molecule has 0 aliphatic carbocycles. The van der Waals surface area contributed by atoms with Crippen molar-refractivity contribution in [2.75, 3.05) is 13.1 Å². The van der Waals surface area contributed by atoms with E-state index in [1.165, 1.54) is 12.8 Å². The lowest BCUT2D eigenvalue weighted by Gasteiger charge is -2.10. The molecule has 0 saturated heterocycles. The monoisotopic (exact) mass is 232 g/mol. The molecule has 0 bridgehead atoms. The molecule has 2 N–H and O–H groups in total. The van der Waals surface area contributed by atoms with E-state index < -0.39 is 0 Å². The van der Waals surface area contributed by atoms with Gasteiger partial charge in [0.2, 0.25) is 0 Å². The molecule has 0 aromatic carbocycles. The van der Waals surface area contributed by atoms with Crippen molar-refractivity contribution >= 4 is 34.4 Å². The third kappa shape index (κ3) is 7.21. The summed E-state index contributed by atoms with van der Waals surface area (Å²) in [7, 11) is 0. The van der Waals surface area contributed by atoms with Gasteiger partial charge in [0, 0.05) is 13.1 Å². The zero-order valence-corrected chi connectivity index (χ0v) is 10.7. The lowest BCUT2D eigenvalue weighted by atomic mass is 10.3. The first-order chi connectivity index (χ1) is 6.72. The summed E-state index contributed by atoms with van der Waals surface area (Å²) in [5.74, 6) is 0. The van der Waals surface area contributed by atoms with Crippen molar-refractivity contribution in [3.05, 3.63) is 0 Å². The van der Waals surface area contributed by atoms with Gasteiger partial charge in [-0.15, -0.1) is 0 Å². The zero-order valence-electron chi connectivity index (χ0n) is 9.06. The van der Waals surface area contributed by atoms with Crippen LogP contribution in [0.25, 0.3) is 0 Å². The molecule has 0 fully saturated rings. The summed E-state index contributed by atoms with van der Waals surface area (Å²) in [6.07, 6.45) is 4.62. The Morgan fingerprint density at radius 2 is 1.21 bits per heavy atom. The highest BCUT2D eigenvalue weighted by Crippen LogP contribution is 1.87. The molecule has 0 radical (unpaired) electrons. The molecule has 0 aromatic rings. The van der Waals surface area contributed by atoms with E-state index in [2.05, 4.69) is 24.5 Å². The highest BCUT2D eigenvalue weighted by Gasteiger charge is 2.01. The van der Waals surface area contributed by atoms with Crippen molar-refractivity contribution in [1.82, 2.24) is 10.6 Å². The van der Waals surface area contributed by atoms with E-state index in [4.69, 9.17) is 24.4 Å². The largest absolute Gasteiger partial charge is 0.374 e. The number of thiocarbonyl (C=S) groups is 2. The molecule has 14 heavy (non-hydrogen) atoms. The Morgan fingerprint density at radius 3 is 1.50 bits per heavy atom. The van der Waals surface area contributed by atoms with Crippen molar-refractivity contribution < 1.29 is 0 Å². The third-order valence-electron chi connectivity index (χ3n) is 1.84. The first-order valence-electron chi connectivity index (χ1n) is 5.28. The van der Waals surface area contributed by atoms with Crippen LogP contribution >= 0.6 is 24.4 Å². The Kier molecular flexibility index (Phi) is 9.19. The summed E-state index contributed by atoms with van der Waals surface area (Å²) in [5.41, 5.74) is 0. The van der Waals surface area contributed by atoms with Crippen molar-refractivity contribution in [2.24, 2.45) is 0 Å². The predicted octanol–water partition coefficient (Wildman–Crippen LogP) is 2.42. The van der Waals surface area contributed by atoms with Gasteiger partial charge in [0.05, 0.1) is 0 Å². The first kappa shape index (κ1) is 13.8. The molecular formula is C10H20N2S2. The van der Waals surface area contributed by atoms with Gasteiger partial charge in [-0.05, 0) is 12.8 Å². The minimum Gasteiger partial charge on any atom is -0.374 e. The second-order valence-electron chi connectivity index (χ2n) is 3.22. The van der Waals surface area contributed by atoms with Crippen molar-refractivity contribution in [3.63, 3.8) is 0 Å². The lowest BCUT2D eigenvalue weighted by Crippen LogP contribution is -2.37. The SMILES string of the molecule is CCCCNC(=S)C(=S)NCCCC. The standard InChI is InChI=1S/C10H20N2S2/c1-3-5-7-11-9(13)10(14)12-8-6-4-2/h3-8H2,1-2H3,(H,11,13)(H,12,14). The fraction of sp³-hybridized carbons (Fsp3) is 0.800. The van der Waals surface area contributed by atoms with E-state index >= 15 is 0 Å². The summed E-state index contributed by atoms with van der Waals surface area (Å²) in [6.45, 7) is 6.15. The zero-order chi connectivity index (χ0) is 10.8. The number of unbranched alkanes of at least 4 members (excludes halogenated alkanes) is 2. The number of nitrogens with one attached hydrogen (secondary N) is 2. The molecule has 82 valence electrons. The summed E-state index contributed by atoms with van der Waals surface area (Å²) in [5, 5.41) is 6.28. The predicted molar refractivity (Wildman–Crippen MR) is 71.0 cm³/mol. The molecule has 0 aliphatic rings. The fourth-order valence-corrected chi connectivity index (χ4v) is 1.27. The van der Waals surface area contributed by atoms with Gasteiger partial charge in [0.15, 0.2) is 0 Å². The van der Waals surface area contributed by atoms with E-state index in [0.29, 0.717) is 9.98 Å². The molecule has 0 heterocycles. The van der Waals surface area contributed by atoms with Gasteiger partial charge in [-0.3, -0.25) is 0 Å². The van der Waals surface area contributed by atoms with Crippen LogP contribution in [-0.2, 0) is 0 Å². The highest BCUT2D eigenvalue weighted by atomic mass is 32.1. The van der Waals surface area contributed by atoms with Crippen LogP contribution in [0, 0.1) is 0 Å². The molecule has 0 rings (SSSR count). The Morgan fingerprint density at radius 1 is 0.857 bits per heavy atom. The van der Waals surface area contributed by atoms with Gasteiger partial charge in [-0.2, -0.15) is 0 Å². The van der Waals surface area contributed by atoms with Crippen LogP contribution in [0.3, 0.4) is 0 Å². The molecule has 0 saturated carbocycles. The van der Waals surface area contributed by atoms with E-state index in [0.717, 1.165) is 25.9 Å². The quantitative estimate of drug-likeness (QED) is 0.542. The van der Waals surface area contributed by atoms with Gasteiger partial charge < -0.3 is 10.6 Å². The molecule has 0 amide bonds. The summed E-state index contributed by atoms with van der Waals surface area (Å²) in [6, 6.07) is 0. The minimum atomic E-state index is 0.685. The Hall–Kier alpha value is -0.220. The first-order valence-corrected chi connectivity index (χ1v) is 6.10. The second kappa shape index (κ2) is 9.34. The summed E-state index contributed by atoms with van der Waals surface area (Å²) >= 11 is 10.2. The molecule has 0 unspecified atom stereocenters. The van der Waals surface area contributed by atoms with Crippen LogP contribution in [0.5, 0.6) is 0 Å². The van der Waals surface area contributed by atoms with E-state index in [9.17, 15) is 0 Å². The molecule has 4 heteroatoms. The Bertz CT molecular complexity index is 161. The van der Waals surface area contributed by atoms with Gasteiger partial charge in [-0.25, -0.2) is 0 Å². The summed E-state index contributed by atoms with van der Waals surface area (Å²) < 4.78 is 0. The Balaban J connectivity index is 3.50. The van der Waals surface area contributed by atoms with Crippen LogP contribution in [0.2, 0.25) is 0 Å². The third-order valence-corrected chi connectivity index (χ3v) is 2.66. The summed E-state index contributed by atoms with van der Waals surface area (Å²) in [4.78, 5) is 1.37. The molecule has 2 nitrogen and oxygen atoms in total. The highest BCUT2D eigenvalue weighted by molar-refractivity contribution is 7.89. The van der Waals surface area contributed by atoms with Gasteiger partial charge in [-0.1, -0.05) is 51.1 Å². The maximum Gasteiger partial charge on any atom is 0.134 e. The number of rotatable bonds is 6. The lowest BCUT2D eigenvalue weighted by molar-refractivity contribution is 0.751. The van der Waals surface area contributed by atoms with Crippen molar-refractivity contribution in [3.8, 4) is 0 Å². The average molecular weight is 232 g/mol. The van der Waals surface area contributed by atoms with Crippen molar-refractivity contribution in [1.29, 1.82) is 0 Å². The Labute approximate surface area is 97.8 Å². The van der Waals surface area contributed by atoms with Crippen LogP contribution in [0.1, 0.15) is 39.5 Å². The van der Waals surface area contributed by atoms with Crippen LogP contribution in [0.15, 0.2) is 0 Å². The average Bonchev–Trinajstić information content (AvgIpc) is 2.18. The van der Waals surface area contributed by atoms with Crippen LogP contribution in [-0.4, -0.2) is 23.1 Å². The van der Waals surface area contributed by atoms with Gasteiger partial charge >= 0.3 is 0 Å². The van der Waals surface area contributed by atoms with Gasteiger partial charge in [0.25, 0.3) is 0 Å². The molecule has 0 atom stereocenters. The smallest absolute Gasteiger partial charge is 0.134 e. The second-order valence-corrected chi connectivity index (χ2v) is 4.04. The fourth-order valence-electron chi connectivity index (χ4n) is 0.918.